The summed E-state index contributed by atoms with van der Waals surface area (Å²) in [6, 6.07) is 17.4. The highest BCUT2D eigenvalue weighted by molar-refractivity contribution is 7.89. The number of aryl methyl sites for hydroxylation is 1. The molecule has 31 heavy (non-hydrogen) atoms. The van der Waals surface area contributed by atoms with E-state index in [4.69, 9.17) is 9.88 Å². The average Bonchev–Trinajstić information content (AvgIpc) is 3.57. The number of hydrogen-bond donors (Lipinski definition) is 2. The number of hydrogen-bond acceptors (Lipinski definition) is 5. The van der Waals surface area contributed by atoms with E-state index in [0.717, 1.165) is 29.7 Å². The van der Waals surface area contributed by atoms with Crippen LogP contribution in [0.15, 0.2) is 65.6 Å². The van der Waals surface area contributed by atoms with Gasteiger partial charge in [-0.15, -0.1) is 0 Å². The second kappa shape index (κ2) is 7.79. The normalized spacial score (nSPS) is 14.7. The van der Waals surface area contributed by atoms with Gasteiger partial charge >= 0.3 is 0 Å². The summed E-state index contributed by atoms with van der Waals surface area (Å²) in [4.78, 5) is 17.7. The van der Waals surface area contributed by atoms with E-state index < -0.39 is 15.4 Å². The first-order chi connectivity index (χ1) is 14.7. The highest BCUT2D eigenvalue weighted by atomic mass is 32.2. The minimum atomic E-state index is -3.83. The lowest BCUT2D eigenvalue weighted by Gasteiger charge is -2.17. The standard InChI is InChI=1S/C23H23N3O4S.2H2/c1-15-6-11-20(25-21(15)16-4-3-5-19(14-16)31(24,28)29)26-22(27)23(12-13-23)17-7-9-18(30-2)10-8-17;;/h3-11,14H,12-13H2,1-2H3,(H2,24,28,29)(H,25,26,27);2*1H. The van der Waals surface area contributed by atoms with Gasteiger partial charge in [-0.2, -0.15) is 0 Å². The molecule has 0 atom stereocenters. The number of nitrogens with one attached hydrogen (secondary N) is 1. The first-order valence-corrected chi connectivity index (χ1v) is 11.3. The number of ether oxygens (including phenoxy) is 1. The zero-order chi connectivity index (χ0) is 22.2. The molecule has 4 rings (SSSR count). The molecule has 0 bridgehead atoms. The van der Waals surface area contributed by atoms with Crippen LogP contribution in [0.5, 0.6) is 5.75 Å². The Morgan fingerprint density at radius 2 is 1.84 bits per heavy atom. The minimum absolute atomic E-state index is 0. The summed E-state index contributed by atoms with van der Waals surface area (Å²) in [5, 5.41) is 8.18. The molecule has 0 spiro atoms. The molecule has 8 heteroatoms. The second-order valence-corrected chi connectivity index (χ2v) is 9.26. The quantitative estimate of drug-likeness (QED) is 0.603. The maximum absolute atomic E-state index is 13.1. The molecule has 1 heterocycles. The number of carbonyl (C=O) groups excluding carboxylic acids is 1. The third kappa shape index (κ3) is 4.17. The Morgan fingerprint density at radius 3 is 2.45 bits per heavy atom. The van der Waals surface area contributed by atoms with Crippen LogP contribution in [0.2, 0.25) is 0 Å². The lowest BCUT2D eigenvalue weighted by molar-refractivity contribution is -0.118. The molecule has 1 aliphatic rings. The predicted octanol–water partition coefficient (Wildman–Crippen LogP) is 3.88. The molecule has 2 aromatic carbocycles. The second-order valence-electron chi connectivity index (χ2n) is 7.70. The summed E-state index contributed by atoms with van der Waals surface area (Å²) in [6.45, 7) is 1.87. The number of carbonyl (C=O) groups is 1. The lowest BCUT2D eigenvalue weighted by atomic mass is 9.95. The van der Waals surface area contributed by atoms with Crippen LogP contribution in [0.1, 0.15) is 26.8 Å². The van der Waals surface area contributed by atoms with Crippen LogP contribution in [0.4, 0.5) is 5.82 Å². The molecule has 0 unspecified atom stereocenters. The molecule has 1 aliphatic carbocycles. The summed E-state index contributed by atoms with van der Waals surface area (Å²) in [5.74, 6) is 1.04. The SMILES string of the molecule is COc1ccc(C2(C(=O)Nc3ccc(C)c(-c4cccc(S(N)(=O)=O)c4)n3)CC2)cc1.[HH].[HH]. The van der Waals surface area contributed by atoms with E-state index in [-0.39, 0.29) is 13.7 Å². The number of anilines is 1. The van der Waals surface area contributed by atoms with Crippen LogP contribution in [0.25, 0.3) is 11.3 Å². The van der Waals surface area contributed by atoms with Crippen molar-refractivity contribution < 1.29 is 20.8 Å². The topological polar surface area (TPSA) is 111 Å². The van der Waals surface area contributed by atoms with E-state index in [9.17, 15) is 13.2 Å². The third-order valence-corrected chi connectivity index (χ3v) is 6.51. The largest absolute Gasteiger partial charge is 0.497 e. The van der Waals surface area contributed by atoms with E-state index in [1.54, 1.807) is 25.3 Å². The fourth-order valence-electron chi connectivity index (χ4n) is 3.63. The van der Waals surface area contributed by atoms with Gasteiger partial charge in [-0.1, -0.05) is 30.3 Å². The zero-order valence-corrected chi connectivity index (χ0v) is 18.1. The van der Waals surface area contributed by atoms with Crippen LogP contribution < -0.4 is 15.2 Å². The predicted molar refractivity (Wildman–Crippen MR) is 123 cm³/mol. The van der Waals surface area contributed by atoms with Gasteiger partial charge in [0.2, 0.25) is 15.9 Å². The van der Waals surface area contributed by atoms with E-state index in [1.165, 1.54) is 12.1 Å². The fraction of sp³-hybridized carbons (Fsp3) is 0.217. The molecule has 1 aromatic heterocycles. The number of rotatable bonds is 6. The maximum Gasteiger partial charge on any atom is 0.238 e. The average molecular weight is 442 g/mol. The summed E-state index contributed by atoms with van der Waals surface area (Å²) < 4.78 is 28.6. The molecule has 1 saturated carbocycles. The van der Waals surface area contributed by atoms with Crippen molar-refractivity contribution in [1.82, 2.24) is 4.98 Å². The summed E-state index contributed by atoms with van der Waals surface area (Å²) >= 11 is 0. The van der Waals surface area contributed by atoms with Gasteiger partial charge in [0.25, 0.3) is 0 Å². The van der Waals surface area contributed by atoms with Crippen LogP contribution in [-0.2, 0) is 20.2 Å². The summed E-state index contributed by atoms with van der Waals surface area (Å²) in [6.07, 6.45) is 1.53. The lowest BCUT2D eigenvalue weighted by Crippen LogP contribution is -2.28. The Hall–Kier alpha value is -3.23. The van der Waals surface area contributed by atoms with E-state index in [0.29, 0.717) is 17.1 Å². The first kappa shape index (κ1) is 21.0. The fourth-order valence-corrected chi connectivity index (χ4v) is 4.19. The minimum Gasteiger partial charge on any atom is -0.497 e. The van der Waals surface area contributed by atoms with Crippen LogP contribution in [0.3, 0.4) is 0 Å². The Morgan fingerprint density at radius 1 is 1.13 bits per heavy atom. The number of primary sulfonamides is 1. The molecular weight excluding hydrogens is 414 g/mol. The maximum atomic E-state index is 13.1. The van der Waals surface area contributed by atoms with Crippen molar-refractivity contribution in [2.75, 3.05) is 12.4 Å². The smallest absolute Gasteiger partial charge is 0.238 e. The van der Waals surface area contributed by atoms with E-state index >= 15 is 0 Å². The number of nitrogens with two attached hydrogens (primary N) is 1. The van der Waals surface area contributed by atoms with E-state index in [2.05, 4.69) is 10.3 Å². The molecule has 3 N–H and O–H groups in total. The van der Waals surface area contributed by atoms with Gasteiger partial charge in [-0.25, -0.2) is 18.5 Å². The molecule has 1 amide bonds. The van der Waals surface area contributed by atoms with E-state index in [1.807, 2.05) is 37.3 Å². The van der Waals surface area contributed by atoms with Crippen molar-refractivity contribution in [3.05, 3.63) is 71.8 Å². The third-order valence-electron chi connectivity index (χ3n) is 5.60. The van der Waals surface area contributed by atoms with Crippen molar-refractivity contribution in [1.29, 1.82) is 0 Å². The molecule has 0 aliphatic heterocycles. The van der Waals surface area contributed by atoms with Crippen LogP contribution >= 0.6 is 0 Å². The van der Waals surface area contributed by atoms with Gasteiger partial charge in [0.15, 0.2) is 0 Å². The molecule has 7 nitrogen and oxygen atoms in total. The molecule has 0 radical (unpaired) electrons. The number of aromatic nitrogens is 1. The van der Waals surface area contributed by atoms with Crippen molar-refractivity contribution in [3.63, 3.8) is 0 Å². The monoisotopic (exact) mass is 441 g/mol. The zero-order valence-electron chi connectivity index (χ0n) is 17.3. The Kier molecular flexibility index (Phi) is 5.28. The highest BCUT2D eigenvalue weighted by Gasteiger charge is 2.51. The highest BCUT2D eigenvalue weighted by Crippen LogP contribution is 2.49. The molecule has 0 saturated heterocycles. The Balaban J connectivity index is 0.00000193. The molecule has 1 fully saturated rings. The Labute approximate surface area is 184 Å². The number of methoxy groups -OCH3 is 1. The van der Waals surface area contributed by atoms with Gasteiger partial charge in [0.1, 0.15) is 11.6 Å². The number of pyridine rings is 1. The number of nitrogens with zero attached hydrogens (tertiary/aromatic N) is 1. The summed E-state index contributed by atoms with van der Waals surface area (Å²) in [7, 11) is -2.22. The van der Waals surface area contributed by atoms with Crippen molar-refractivity contribution in [2.24, 2.45) is 5.14 Å². The van der Waals surface area contributed by atoms with Gasteiger partial charge in [0, 0.05) is 8.42 Å². The first-order valence-electron chi connectivity index (χ1n) is 9.80. The Bertz CT molecular complexity index is 1260. The number of sulfonamides is 1. The van der Waals surface area contributed by atoms with Crippen LogP contribution in [0, 0.1) is 6.92 Å². The molecule has 3 aromatic rings. The summed E-state index contributed by atoms with van der Waals surface area (Å²) in [5.41, 5.74) is 2.42. The number of benzene rings is 2. The molecule has 164 valence electrons. The van der Waals surface area contributed by atoms with Gasteiger partial charge < -0.3 is 10.1 Å². The van der Waals surface area contributed by atoms with Crippen molar-refractivity contribution in [3.8, 4) is 17.0 Å². The molecular formula is C23H27N3O4S. The van der Waals surface area contributed by atoms with Gasteiger partial charge in [-0.3, -0.25) is 4.79 Å². The van der Waals surface area contributed by atoms with Crippen LogP contribution in [-0.4, -0.2) is 26.4 Å². The number of amides is 1. The van der Waals surface area contributed by atoms with Crippen molar-refractivity contribution >= 4 is 21.7 Å². The van der Waals surface area contributed by atoms with Gasteiger partial charge in [0.05, 0.1) is 23.1 Å². The van der Waals surface area contributed by atoms with Crippen molar-refractivity contribution in [2.45, 2.75) is 30.1 Å². The van der Waals surface area contributed by atoms with Gasteiger partial charge in [-0.05, 0) is 61.2 Å².